The van der Waals surface area contributed by atoms with Crippen molar-refractivity contribution in [2.75, 3.05) is 0 Å². The molecule has 0 bridgehead atoms. The Morgan fingerprint density at radius 1 is 0.929 bits per heavy atom. The number of benzene rings is 1. The predicted octanol–water partition coefficient (Wildman–Crippen LogP) is 6.79. The molecule has 3 nitrogen and oxygen atoms in total. The van der Waals surface area contributed by atoms with E-state index in [0.29, 0.717) is 17.4 Å². The van der Waals surface area contributed by atoms with Gasteiger partial charge >= 0.3 is 5.97 Å². The minimum absolute atomic E-state index is 0.357. The summed E-state index contributed by atoms with van der Waals surface area (Å²) in [5.41, 5.74) is 2.81. The zero-order chi connectivity index (χ0) is 20.2. The molecule has 152 valence electrons. The molecule has 0 aliphatic rings. The highest BCUT2D eigenvalue weighted by Crippen LogP contribution is 2.17. The summed E-state index contributed by atoms with van der Waals surface area (Å²) in [5, 5.41) is 0. The van der Waals surface area contributed by atoms with Crippen LogP contribution in [0.1, 0.15) is 87.3 Å². The van der Waals surface area contributed by atoms with Crippen LogP contribution in [0.2, 0.25) is 0 Å². The number of pyridine rings is 1. The molecule has 3 heteroatoms. The van der Waals surface area contributed by atoms with Gasteiger partial charge in [0, 0.05) is 6.20 Å². The summed E-state index contributed by atoms with van der Waals surface area (Å²) < 4.78 is 5.46. The molecule has 1 aromatic heterocycles. The van der Waals surface area contributed by atoms with Gasteiger partial charge in [0.2, 0.25) is 0 Å². The third kappa shape index (κ3) is 7.84. The lowest BCUT2D eigenvalue weighted by Crippen LogP contribution is -2.10. The van der Waals surface area contributed by atoms with E-state index in [0.717, 1.165) is 19.3 Å². The number of aryl methyl sites for hydroxylation is 1. The third-order valence-corrected chi connectivity index (χ3v) is 5.27. The van der Waals surface area contributed by atoms with Gasteiger partial charge in [-0.05, 0) is 54.5 Å². The summed E-state index contributed by atoms with van der Waals surface area (Å²) in [7, 11) is 0. The van der Waals surface area contributed by atoms with Gasteiger partial charge in [-0.1, -0.05) is 77.5 Å². The number of hydrogen-bond donors (Lipinski definition) is 0. The number of carbonyl (C=O) groups is 1. The second-order valence-electron chi connectivity index (χ2n) is 7.82. The van der Waals surface area contributed by atoms with E-state index in [1.165, 1.54) is 49.7 Å². The van der Waals surface area contributed by atoms with Crippen molar-refractivity contribution in [3.63, 3.8) is 0 Å². The van der Waals surface area contributed by atoms with Crippen molar-refractivity contribution in [2.24, 2.45) is 5.92 Å². The number of rotatable bonds is 12. The van der Waals surface area contributed by atoms with E-state index < -0.39 is 5.97 Å². The van der Waals surface area contributed by atoms with Crippen molar-refractivity contribution < 1.29 is 9.53 Å². The van der Waals surface area contributed by atoms with Crippen LogP contribution in [-0.4, -0.2) is 11.0 Å². The predicted molar refractivity (Wildman–Crippen MR) is 116 cm³/mol. The van der Waals surface area contributed by atoms with E-state index >= 15 is 0 Å². The second kappa shape index (κ2) is 12.3. The van der Waals surface area contributed by atoms with Crippen LogP contribution in [-0.2, 0) is 12.8 Å². The normalized spacial score (nSPS) is 12.0. The third-order valence-electron chi connectivity index (χ3n) is 5.27. The van der Waals surface area contributed by atoms with E-state index in [9.17, 15) is 4.79 Å². The molecule has 0 aliphatic heterocycles. The molecule has 0 saturated heterocycles. The van der Waals surface area contributed by atoms with Crippen molar-refractivity contribution in [3.05, 3.63) is 59.4 Å². The fraction of sp³-hybridized carbons (Fsp3) is 0.520. The molecule has 0 saturated carbocycles. The summed E-state index contributed by atoms with van der Waals surface area (Å²) in [6, 6.07) is 11.6. The molecule has 0 radical (unpaired) electrons. The van der Waals surface area contributed by atoms with Crippen LogP contribution in [0.15, 0.2) is 42.6 Å². The maximum absolute atomic E-state index is 12.3. The first-order chi connectivity index (χ1) is 13.6. The molecular formula is C25H35NO2. The second-order valence-corrected chi connectivity index (χ2v) is 7.82. The first-order valence-electron chi connectivity index (χ1n) is 10.9. The van der Waals surface area contributed by atoms with E-state index in [1.807, 2.05) is 30.3 Å². The summed E-state index contributed by atoms with van der Waals surface area (Å²) in [4.78, 5) is 16.6. The van der Waals surface area contributed by atoms with Gasteiger partial charge in [0.05, 0.1) is 0 Å². The lowest BCUT2D eigenvalue weighted by Gasteiger charge is -2.09. The topological polar surface area (TPSA) is 39.2 Å². The van der Waals surface area contributed by atoms with E-state index in [4.69, 9.17) is 4.74 Å². The highest BCUT2D eigenvalue weighted by atomic mass is 16.5. The Labute approximate surface area is 170 Å². The van der Waals surface area contributed by atoms with Gasteiger partial charge in [-0.15, -0.1) is 0 Å². The number of aromatic nitrogens is 1. The Kier molecular flexibility index (Phi) is 9.74. The Morgan fingerprint density at radius 3 is 2.25 bits per heavy atom. The van der Waals surface area contributed by atoms with Gasteiger partial charge in [-0.2, -0.15) is 0 Å². The molecule has 0 amide bonds. The Balaban J connectivity index is 1.79. The maximum atomic E-state index is 12.3. The SMILES string of the molecule is CCCCCCCCc1ccc(C(=O)Oc2ccc(C[C@@H](C)CC)cc2)nc1. The average molecular weight is 382 g/mol. The van der Waals surface area contributed by atoms with Crippen LogP contribution in [0.25, 0.3) is 0 Å². The first-order valence-corrected chi connectivity index (χ1v) is 10.9. The summed E-state index contributed by atoms with van der Waals surface area (Å²) in [6.07, 6.45) is 12.7. The number of unbranched alkanes of at least 4 members (excludes halogenated alkanes) is 5. The van der Waals surface area contributed by atoms with E-state index in [1.54, 1.807) is 12.3 Å². The number of hydrogen-bond acceptors (Lipinski definition) is 3. The van der Waals surface area contributed by atoms with Gasteiger partial charge in [0.1, 0.15) is 11.4 Å². The molecule has 0 N–H and O–H groups in total. The summed E-state index contributed by atoms with van der Waals surface area (Å²) in [6.45, 7) is 6.68. The molecule has 0 spiro atoms. The largest absolute Gasteiger partial charge is 0.422 e. The smallest absolute Gasteiger partial charge is 0.362 e. The Morgan fingerprint density at radius 2 is 1.61 bits per heavy atom. The zero-order valence-electron chi connectivity index (χ0n) is 17.7. The van der Waals surface area contributed by atoms with Crippen molar-refractivity contribution in [3.8, 4) is 5.75 Å². The van der Waals surface area contributed by atoms with Gasteiger partial charge in [-0.25, -0.2) is 9.78 Å². The van der Waals surface area contributed by atoms with Crippen LogP contribution >= 0.6 is 0 Å². The number of nitrogens with zero attached hydrogens (tertiary/aromatic N) is 1. The molecule has 1 atom stereocenters. The number of carbonyl (C=O) groups excluding carboxylic acids is 1. The van der Waals surface area contributed by atoms with Crippen LogP contribution in [0.5, 0.6) is 5.75 Å². The van der Waals surface area contributed by atoms with Crippen molar-refractivity contribution in [2.45, 2.75) is 78.6 Å². The van der Waals surface area contributed by atoms with Gasteiger partial charge < -0.3 is 4.74 Å². The van der Waals surface area contributed by atoms with E-state index in [-0.39, 0.29) is 0 Å². The van der Waals surface area contributed by atoms with Gasteiger partial charge in [0.15, 0.2) is 0 Å². The number of ether oxygens (including phenoxy) is 1. The minimum atomic E-state index is -0.402. The summed E-state index contributed by atoms with van der Waals surface area (Å²) >= 11 is 0. The van der Waals surface area contributed by atoms with Crippen molar-refractivity contribution in [1.82, 2.24) is 4.98 Å². The minimum Gasteiger partial charge on any atom is -0.422 e. The molecule has 0 unspecified atom stereocenters. The molecule has 1 aromatic carbocycles. The lowest BCUT2D eigenvalue weighted by atomic mass is 9.99. The van der Waals surface area contributed by atoms with Crippen LogP contribution in [0.3, 0.4) is 0 Å². The molecule has 28 heavy (non-hydrogen) atoms. The molecule has 0 fully saturated rings. The molecule has 1 heterocycles. The monoisotopic (exact) mass is 381 g/mol. The van der Waals surface area contributed by atoms with Crippen molar-refractivity contribution >= 4 is 5.97 Å². The first kappa shape index (κ1) is 22.1. The Bertz CT molecular complexity index is 691. The van der Waals surface area contributed by atoms with Crippen LogP contribution in [0, 0.1) is 5.92 Å². The van der Waals surface area contributed by atoms with Gasteiger partial charge in [0.25, 0.3) is 0 Å². The van der Waals surface area contributed by atoms with Crippen LogP contribution in [0.4, 0.5) is 0 Å². The molecule has 2 aromatic rings. The molecule has 2 rings (SSSR count). The fourth-order valence-electron chi connectivity index (χ4n) is 3.20. The van der Waals surface area contributed by atoms with E-state index in [2.05, 4.69) is 25.8 Å². The molecular weight excluding hydrogens is 346 g/mol. The lowest BCUT2D eigenvalue weighted by molar-refractivity contribution is 0.0728. The Hall–Kier alpha value is -2.16. The zero-order valence-corrected chi connectivity index (χ0v) is 17.7. The highest BCUT2D eigenvalue weighted by Gasteiger charge is 2.10. The standard InChI is InChI=1S/C25H35NO2/c1-4-6-7-8-9-10-11-22-14-17-24(26-19-22)25(27)28-23-15-12-21(13-16-23)18-20(3)5-2/h12-17,19-20H,4-11,18H2,1-3H3/t20-/m0/s1. The van der Waals surface area contributed by atoms with Crippen LogP contribution < -0.4 is 4.74 Å². The van der Waals surface area contributed by atoms with Gasteiger partial charge in [-0.3, -0.25) is 0 Å². The molecule has 0 aliphatic carbocycles. The maximum Gasteiger partial charge on any atom is 0.362 e. The fourth-order valence-corrected chi connectivity index (χ4v) is 3.20. The highest BCUT2D eigenvalue weighted by molar-refractivity contribution is 5.88. The number of esters is 1. The summed E-state index contributed by atoms with van der Waals surface area (Å²) in [5.74, 6) is 0.823. The quantitative estimate of drug-likeness (QED) is 0.231. The average Bonchev–Trinajstić information content (AvgIpc) is 2.72. The van der Waals surface area contributed by atoms with Crippen molar-refractivity contribution in [1.29, 1.82) is 0 Å².